The van der Waals surface area contributed by atoms with E-state index in [-0.39, 0.29) is 17.3 Å². The molecule has 0 aliphatic rings. The zero-order valence-corrected chi connectivity index (χ0v) is 24.1. The fourth-order valence-corrected chi connectivity index (χ4v) is 4.72. The second kappa shape index (κ2) is 14.5. The van der Waals surface area contributed by atoms with Gasteiger partial charge in [0.25, 0.3) is 17.5 Å². The quantitative estimate of drug-likeness (QED) is 0.0819. The Kier molecular flexibility index (Phi) is 10.3. The summed E-state index contributed by atoms with van der Waals surface area (Å²) < 4.78 is 5.29. The summed E-state index contributed by atoms with van der Waals surface area (Å²) in [6, 6.07) is 28.1. The summed E-state index contributed by atoms with van der Waals surface area (Å²) in [5, 5.41) is 18.9. The molecule has 0 aromatic heterocycles. The van der Waals surface area contributed by atoms with E-state index in [0.717, 1.165) is 4.90 Å². The SMILES string of the molecule is COc1ccccc1NC(=O)C(C)Sc1ccc(NC(=O)/C(=C/c2ccc([N+](=O)[O-])cc2)NC(=O)c2ccccc2)cc1. The molecule has 0 heterocycles. The van der Waals surface area contributed by atoms with Crippen molar-refractivity contribution in [1.29, 1.82) is 0 Å². The van der Waals surface area contributed by atoms with Crippen LogP contribution in [0.5, 0.6) is 5.75 Å². The number of carbonyl (C=O) groups is 3. The Hall–Kier alpha value is -5.42. The van der Waals surface area contributed by atoms with Crippen molar-refractivity contribution in [2.75, 3.05) is 17.7 Å². The van der Waals surface area contributed by atoms with Crippen LogP contribution in [0, 0.1) is 10.1 Å². The molecule has 3 amide bonds. The molecule has 4 aromatic rings. The molecular formula is C32H28N4O6S. The van der Waals surface area contributed by atoms with Crippen LogP contribution in [0.2, 0.25) is 0 Å². The molecule has 10 nitrogen and oxygen atoms in total. The zero-order chi connectivity index (χ0) is 30.8. The first-order valence-corrected chi connectivity index (χ1v) is 14.0. The number of amides is 3. The maximum Gasteiger partial charge on any atom is 0.272 e. The molecule has 218 valence electrons. The number of nitro benzene ring substituents is 1. The molecule has 0 saturated heterocycles. The van der Waals surface area contributed by atoms with Crippen LogP contribution in [0.25, 0.3) is 6.08 Å². The molecule has 0 bridgehead atoms. The van der Waals surface area contributed by atoms with Crippen molar-refractivity contribution in [3.63, 3.8) is 0 Å². The van der Waals surface area contributed by atoms with Crippen LogP contribution in [0.15, 0.2) is 114 Å². The molecule has 4 rings (SSSR count). The number of nitro groups is 1. The van der Waals surface area contributed by atoms with Crippen molar-refractivity contribution < 1.29 is 24.0 Å². The van der Waals surface area contributed by atoms with Gasteiger partial charge in [-0.15, -0.1) is 11.8 Å². The Morgan fingerprint density at radius 2 is 1.51 bits per heavy atom. The average molecular weight is 597 g/mol. The van der Waals surface area contributed by atoms with Crippen molar-refractivity contribution >= 4 is 52.6 Å². The van der Waals surface area contributed by atoms with Gasteiger partial charge in [-0.05, 0) is 79.2 Å². The number of nitrogens with zero attached hydrogens (tertiary/aromatic N) is 1. The number of non-ortho nitro benzene ring substituents is 1. The van der Waals surface area contributed by atoms with E-state index in [1.54, 1.807) is 73.7 Å². The van der Waals surface area contributed by atoms with Gasteiger partial charge in [0.05, 0.1) is 23.0 Å². The van der Waals surface area contributed by atoms with Crippen molar-refractivity contribution in [1.82, 2.24) is 5.32 Å². The highest BCUT2D eigenvalue weighted by atomic mass is 32.2. The summed E-state index contributed by atoms with van der Waals surface area (Å²) in [5.74, 6) is -0.708. The Morgan fingerprint density at radius 1 is 0.860 bits per heavy atom. The molecule has 0 aliphatic heterocycles. The van der Waals surface area contributed by atoms with Gasteiger partial charge in [0.2, 0.25) is 5.91 Å². The van der Waals surface area contributed by atoms with E-state index in [1.165, 1.54) is 49.2 Å². The average Bonchev–Trinajstić information content (AvgIpc) is 3.02. The lowest BCUT2D eigenvalue weighted by molar-refractivity contribution is -0.384. The first-order chi connectivity index (χ1) is 20.7. The number of nitrogens with one attached hydrogen (secondary N) is 3. The van der Waals surface area contributed by atoms with E-state index in [9.17, 15) is 24.5 Å². The Balaban J connectivity index is 1.45. The van der Waals surface area contributed by atoms with Gasteiger partial charge in [0.1, 0.15) is 11.4 Å². The molecule has 43 heavy (non-hydrogen) atoms. The van der Waals surface area contributed by atoms with Crippen molar-refractivity contribution in [2.24, 2.45) is 0 Å². The molecule has 0 radical (unpaired) electrons. The van der Waals surface area contributed by atoms with Crippen LogP contribution in [0.3, 0.4) is 0 Å². The summed E-state index contributed by atoms with van der Waals surface area (Å²) in [5.41, 5.74) is 1.73. The molecule has 0 spiro atoms. The van der Waals surface area contributed by atoms with E-state index in [4.69, 9.17) is 4.74 Å². The summed E-state index contributed by atoms with van der Waals surface area (Å²) in [6.45, 7) is 1.79. The second-order valence-corrected chi connectivity index (χ2v) is 10.6. The predicted octanol–water partition coefficient (Wildman–Crippen LogP) is 6.13. The lowest BCUT2D eigenvalue weighted by atomic mass is 10.1. The van der Waals surface area contributed by atoms with Crippen LogP contribution in [0.4, 0.5) is 17.1 Å². The molecule has 0 aliphatic carbocycles. The van der Waals surface area contributed by atoms with E-state index < -0.39 is 22.0 Å². The highest BCUT2D eigenvalue weighted by molar-refractivity contribution is 8.00. The number of benzene rings is 4. The minimum Gasteiger partial charge on any atom is -0.495 e. The van der Waals surface area contributed by atoms with Gasteiger partial charge in [-0.1, -0.05) is 30.3 Å². The third-order valence-corrected chi connectivity index (χ3v) is 7.21. The monoisotopic (exact) mass is 596 g/mol. The lowest BCUT2D eigenvalue weighted by Crippen LogP contribution is -2.30. The maximum atomic E-state index is 13.3. The number of rotatable bonds is 11. The maximum absolute atomic E-state index is 13.3. The number of thioether (sulfide) groups is 1. The summed E-state index contributed by atoms with van der Waals surface area (Å²) in [7, 11) is 1.54. The molecule has 4 aromatic carbocycles. The number of carbonyl (C=O) groups excluding carboxylic acids is 3. The number of hydrogen-bond acceptors (Lipinski definition) is 7. The summed E-state index contributed by atoms with van der Waals surface area (Å²) >= 11 is 1.35. The normalized spacial score (nSPS) is 11.6. The van der Waals surface area contributed by atoms with E-state index in [0.29, 0.717) is 28.3 Å². The van der Waals surface area contributed by atoms with Crippen molar-refractivity contribution in [2.45, 2.75) is 17.1 Å². The molecule has 1 unspecified atom stereocenters. The Labute approximate surface area is 252 Å². The van der Waals surface area contributed by atoms with Crippen LogP contribution in [0.1, 0.15) is 22.8 Å². The highest BCUT2D eigenvalue weighted by Crippen LogP contribution is 2.28. The van der Waals surface area contributed by atoms with Gasteiger partial charge >= 0.3 is 0 Å². The predicted molar refractivity (Wildman–Crippen MR) is 167 cm³/mol. The Bertz CT molecular complexity index is 1640. The number of para-hydroxylation sites is 2. The number of hydrogen-bond donors (Lipinski definition) is 3. The molecule has 1 atom stereocenters. The minimum absolute atomic E-state index is 0.0530. The fourth-order valence-electron chi connectivity index (χ4n) is 3.86. The third-order valence-electron chi connectivity index (χ3n) is 6.10. The van der Waals surface area contributed by atoms with Crippen molar-refractivity contribution in [3.8, 4) is 5.75 Å². The van der Waals surface area contributed by atoms with E-state index >= 15 is 0 Å². The van der Waals surface area contributed by atoms with Gasteiger partial charge in [-0.3, -0.25) is 24.5 Å². The van der Waals surface area contributed by atoms with Gasteiger partial charge in [0, 0.05) is 28.3 Å². The van der Waals surface area contributed by atoms with Gasteiger partial charge in [-0.2, -0.15) is 0 Å². The number of anilines is 2. The largest absolute Gasteiger partial charge is 0.495 e. The topological polar surface area (TPSA) is 140 Å². The second-order valence-electron chi connectivity index (χ2n) is 9.15. The van der Waals surface area contributed by atoms with Crippen LogP contribution in [-0.2, 0) is 9.59 Å². The zero-order valence-electron chi connectivity index (χ0n) is 23.3. The summed E-state index contributed by atoms with van der Waals surface area (Å²) in [4.78, 5) is 50.1. The lowest BCUT2D eigenvalue weighted by Gasteiger charge is -2.15. The van der Waals surface area contributed by atoms with Crippen LogP contribution < -0.4 is 20.7 Å². The number of ether oxygens (including phenoxy) is 1. The van der Waals surface area contributed by atoms with Crippen molar-refractivity contribution in [3.05, 3.63) is 130 Å². The van der Waals surface area contributed by atoms with Gasteiger partial charge in [0.15, 0.2) is 0 Å². The van der Waals surface area contributed by atoms with Gasteiger partial charge in [-0.25, -0.2) is 0 Å². The summed E-state index contributed by atoms with van der Waals surface area (Å²) in [6.07, 6.45) is 1.44. The number of methoxy groups -OCH3 is 1. The molecule has 3 N–H and O–H groups in total. The molecule has 11 heteroatoms. The molecular weight excluding hydrogens is 568 g/mol. The first-order valence-electron chi connectivity index (χ1n) is 13.1. The molecule has 0 fully saturated rings. The fraction of sp³-hybridized carbons (Fsp3) is 0.0938. The van der Waals surface area contributed by atoms with Crippen LogP contribution in [-0.4, -0.2) is 35.0 Å². The third kappa shape index (κ3) is 8.54. The van der Waals surface area contributed by atoms with Gasteiger partial charge < -0.3 is 20.7 Å². The van der Waals surface area contributed by atoms with E-state index in [1.807, 2.05) is 12.1 Å². The minimum atomic E-state index is -0.590. The van der Waals surface area contributed by atoms with Crippen LogP contribution >= 0.6 is 11.8 Å². The molecule has 0 saturated carbocycles. The first kappa shape index (κ1) is 30.5. The highest BCUT2D eigenvalue weighted by Gasteiger charge is 2.18. The van der Waals surface area contributed by atoms with E-state index in [2.05, 4.69) is 16.0 Å². The Morgan fingerprint density at radius 3 is 2.16 bits per heavy atom. The smallest absolute Gasteiger partial charge is 0.272 e. The standard InChI is InChI=1S/C32H28N4O6S/c1-21(30(37)34-27-10-6-7-11-29(27)42-2)43-26-18-14-24(15-19-26)33-32(39)28(35-31(38)23-8-4-3-5-9-23)20-22-12-16-25(17-13-22)36(40)41/h3-21H,1-2H3,(H,33,39)(H,34,37)(H,35,38)/b28-20-.